The molecule has 0 heterocycles. The van der Waals surface area contributed by atoms with Gasteiger partial charge in [-0.25, -0.2) is 0 Å². The maximum atomic E-state index is 11.4. The Morgan fingerprint density at radius 3 is 2.60 bits per heavy atom. The molecule has 106 valence electrons. The molecule has 2 aromatic rings. The number of benzene rings is 2. The van der Waals surface area contributed by atoms with Crippen molar-refractivity contribution in [1.29, 1.82) is 0 Å². The first-order chi connectivity index (χ1) is 9.57. The van der Waals surface area contributed by atoms with Crippen LogP contribution in [0.4, 0.5) is 0 Å². The van der Waals surface area contributed by atoms with Crippen LogP contribution >= 0.6 is 0 Å². The maximum Gasteiger partial charge on any atom is 0.323 e. The summed E-state index contributed by atoms with van der Waals surface area (Å²) < 4.78 is 0. The lowest BCUT2D eigenvalue weighted by atomic mass is 9.95. The van der Waals surface area contributed by atoms with Crippen molar-refractivity contribution in [3.8, 4) is 0 Å². The number of aliphatic carboxylic acids is 1. The topological polar surface area (TPSA) is 49.3 Å². The van der Waals surface area contributed by atoms with Crippen LogP contribution in [0.2, 0.25) is 0 Å². The second-order valence-corrected chi connectivity index (χ2v) is 5.38. The molecule has 0 amide bonds. The highest BCUT2D eigenvalue weighted by atomic mass is 16.4. The third kappa shape index (κ3) is 2.99. The Kier molecular flexibility index (Phi) is 4.40. The van der Waals surface area contributed by atoms with Gasteiger partial charge in [0.1, 0.15) is 5.54 Å². The van der Waals surface area contributed by atoms with Gasteiger partial charge in [0.05, 0.1) is 0 Å². The number of carboxylic acids is 1. The van der Waals surface area contributed by atoms with E-state index < -0.39 is 11.5 Å². The number of hydrogen-bond acceptors (Lipinski definition) is 2. The molecule has 0 spiro atoms. The van der Waals surface area contributed by atoms with Crippen molar-refractivity contribution in [2.75, 3.05) is 0 Å². The van der Waals surface area contributed by atoms with E-state index in [4.69, 9.17) is 0 Å². The zero-order chi connectivity index (χ0) is 14.6. The van der Waals surface area contributed by atoms with Gasteiger partial charge in [0.2, 0.25) is 0 Å². The summed E-state index contributed by atoms with van der Waals surface area (Å²) in [5, 5.41) is 15.0. The van der Waals surface area contributed by atoms with Gasteiger partial charge in [-0.2, -0.15) is 0 Å². The third-order valence-electron chi connectivity index (χ3n) is 3.77. The molecular formula is C17H21NO2. The molecule has 20 heavy (non-hydrogen) atoms. The van der Waals surface area contributed by atoms with Crippen molar-refractivity contribution in [2.24, 2.45) is 0 Å². The lowest BCUT2D eigenvalue weighted by Crippen LogP contribution is -2.48. The van der Waals surface area contributed by atoms with Crippen LogP contribution in [0, 0.1) is 0 Å². The summed E-state index contributed by atoms with van der Waals surface area (Å²) >= 11 is 0. The van der Waals surface area contributed by atoms with Crippen LogP contribution in [0.3, 0.4) is 0 Å². The predicted octanol–water partition coefficient (Wildman–Crippen LogP) is 3.57. The molecule has 0 aliphatic rings. The van der Waals surface area contributed by atoms with Gasteiger partial charge in [0.25, 0.3) is 0 Å². The standard InChI is InChI=1S/C17H21NO2/c1-3-11-17(2,16(19)20)18-12-14-9-6-8-13-7-4-5-10-15(13)14/h4-10,18H,3,11-12H2,1-2H3,(H,19,20). The minimum Gasteiger partial charge on any atom is -0.480 e. The van der Waals surface area contributed by atoms with Crippen LogP contribution in [0.5, 0.6) is 0 Å². The molecule has 0 radical (unpaired) electrons. The van der Waals surface area contributed by atoms with E-state index in [1.807, 2.05) is 31.2 Å². The molecule has 0 aliphatic heterocycles. The van der Waals surface area contributed by atoms with Crippen LogP contribution in [0.15, 0.2) is 42.5 Å². The molecule has 3 nitrogen and oxygen atoms in total. The minimum absolute atomic E-state index is 0.560. The zero-order valence-corrected chi connectivity index (χ0v) is 12.0. The maximum absolute atomic E-state index is 11.4. The molecule has 0 fully saturated rings. The highest BCUT2D eigenvalue weighted by Gasteiger charge is 2.31. The Balaban J connectivity index is 2.22. The molecule has 0 saturated heterocycles. The van der Waals surface area contributed by atoms with Crippen LogP contribution in [-0.2, 0) is 11.3 Å². The summed E-state index contributed by atoms with van der Waals surface area (Å²) in [7, 11) is 0. The molecule has 0 aliphatic carbocycles. The zero-order valence-electron chi connectivity index (χ0n) is 12.0. The third-order valence-corrected chi connectivity index (χ3v) is 3.77. The van der Waals surface area contributed by atoms with E-state index in [1.54, 1.807) is 6.92 Å². The van der Waals surface area contributed by atoms with E-state index in [0.717, 1.165) is 12.0 Å². The lowest BCUT2D eigenvalue weighted by Gasteiger charge is -2.26. The van der Waals surface area contributed by atoms with Crippen molar-refractivity contribution < 1.29 is 9.90 Å². The van der Waals surface area contributed by atoms with E-state index in [1.165, 1.54) is 10.8 Å². The molecule has 1 unspecified atom stereocenters. The number of carboxylic acid groups (broad SMARTS) is 1. The molecular weight excluding hydrogens is 250 g/mol. The second kappa shape index (κ2) is 6.06. The van der Waals surface area contributed by atoms with Crippen LogP contribution < -0.4 is 5.32 Å². The molecule has 0 aromatic heterocycles. The number of rotatable bonds is 6. The smallest absolute Gasteiger partial charge is 0.323 e. The fraction of sp³-hybridized carbons (Fsp3) is 0.353. The molecule has 0 saturated carbocycles. The van der Waals surface area contributed by atoms with E-state index in [-0.39, 0.29) is 0 Å². The lowest BCUT2D eigenvalue weighted by molar-refractivity contribution is -0.144. The highest BCUT2D eigenvalue weighted by Crippen LogP contribution is 2.20. The van der Waals surface area contributed by atoms with Crippen molar-refractivity contribution in [2.45, 2.75) is 38.8 Å². The Labute approximate surface area is 119 Å². The normalized spacial score (nSPS) is 14.1. The van der Waals surface area contributed by atoms with Gasteiger partial charge in [-0.3, -0.25) is 10.1 Å². The average molecular weight is 271 g/mol. The van der Waals surface area contributed by atoms with E-state index >= 15 is 0 Å². The summed E-state index contributed by atoms with van der Waals surface area (Å²) in [5.41, 5.74) is 0.262. The summed E-state index contributed by atoms with van der Waals surface area (Å²) in [6.07, 6.45) is 1.46. The predicted molar refractivity (Wildman–Crippen MR) is 81.7 cm³/mol. The van der Waals surface area contributed by atoms with Crippen molar-refractivity contribution in [3.63, 3.8) is 0 Å². The monoisotopic (exact) mass is 271 g/mol. The second-order valence-electron chi connectivity index (χ2n) is 5.38. The van der Waals surface area contributed by atoms with Gasteiger partial charge in [-0.1, -0.05) is 55.8 Å². The molecule has 3 heteroatoms. The Morgan fingerprint density at radius 2 is 1.90 bits per heavy atom. The molecule has 2 N–H and O–H groups in total. The molecule has 0 bridgehead atoms. The number of nitrogens with one attached hydrogen (secondary N) is 1. The van der Waals surface area contributed by atoms with Crippen molar-refractivity contribution >= 4 is 16.7 Å². The molecule has 2 rings (SSSR count). The number of hydrogen-bond donors (Lipinski definition) is 2. The van der Waals surface area contributed by atoms with Gasteiger partial charge < -0.3 is 5.11 Å². The SMILES string of the molecule is CCCC(C)(NCc1cccc2ccccc12)C(=O)O. The fourth-order valence-electron chi connectivity index (χ4n) is 2.51. The van der Waals surface area contributed by atoms with Crippen molar-refractivity contribution in [1.82, 2.24) is 5.32 Å². The Bertz CT molecular complexity index is 603. The highest BCUT2D eigenvalue weighted by molar-refractivity contribution is 5.85. The van der Waals surface area contributed by atoms with Crippen LogP contribution in [0.25, 0.3) is 10.8 Å². The first-order valence-corrected chi connectivity index (χ1v) is 7.02. The van der Waals surface area contributed by atoms with Gasteiger partial charge in [0.15, 0.2) is 0 Å². The van der Waals surface area contributed by atoms with E-state index in [0.29, 0.717) is 13.0 Å². The van der Waals surface area contributed by atoms with Gasteiger partial charge in [-0.05, 0) is 29.7 Å². The van der Waals surface area contributed by atoms with Crippen molar-refractivity contribution in [3.05, 3.63) is 48.0 Å². The van der Waals surface area contributed by atoms with E-state index in [9.17, 15) is 9.90 Å². The summed E-state index contributed by atoms with van der Waals surface area (Å²) in [4.78, 5) is 11.4. The van der Waals surface area contributed by atoms with E-state index in [2.05, 4.69) is 23.5 Å². The van der Waals surface area contributed by atoms with Crippen LogP contribution in [0.1, 0.15) is 32.3 Å². The first kappa shape index (κ1) is 14.5. The summed E-state index contributed by atoms with van der Waals surface area (Å²) in [6.45, 7) is 4.31. The number of fused-ring (bicyclic) bond motifs is 1. The van der Waals surface area contributed by atoms with Gasteiger partial charge >= 0.3 is 5.97 Å². The fourth-order valence-corrected chi connectivity index (χ4v) is 2.51. The average Bonchev–Trinajstić information content (AvgIpc) is 2.45. The molecule has 1 atom stereocenters. The van der Waals surface area contributed by atoms with Gasteiger partial charge in [0, 0.05) is 6.54 Å². The molecule has 2 aromatic carbocycles. The summed E-state index contributed by atoms with van der Waals surface area (Å²) in [6, 6.07) is 14.3. The number of carbonyl (C=O) groups is 1. The minimum atomic E-state index is -0.869. The Morgan fingerprint density at radius 1 is 1.20 bits per heavy atom. The largest absolute Gasteiger partial charge is 0.480 e. The summed E-state index contributed by atoms with van der Waals surface area (Å²) in [5.74, 6) is -0.792. The Hall–Kier alpha value is -1.87. The van der Waals surface area contributed by atoms with Gasteiger partial charge in [-0.15, -0.1) is 0 Å². The first-order valence-electron chi connectivity index (χ1n) is 7.02. The quantitative estimate of drug-likeness (QED) is 0.844. The van der Waals surface area contributed by atoms with Crippen LogP contribution in [-0.4, -0.2) is 16.6 Å².